The molecule has 0 aromatic carbocycles. The van der Waals surface area contributed by atoms with Crippen LogP contribution in [0.2, 0.25) is 0 Å². The maximum Gasteiger partial charge on any atom is 0.277 e. The second-order valence-electron chi connectivity index (χ2n) is 5.21. The lowest BCUT2D eigenvalue weighted by Crippen LogP contribution is -2.35. The van der Waals surface area contributed by atoms with Crippen molar-refractivity contribution in [2.75, 3.05) is 0 Å². The average Bonchev–Trinajstić information content (AvgIpc) is 2.25. The van der Waals surface area contributed by atoms with Gasteiger partial charge in [-0.25, -0.2) is 0 Å². The molecular weight excluding hydrogens is 216 g/mol. The van der Waals surface area contributed by atoms with Gasteiger partial charge in [0.2, 0.25) is 0 Å². The van der Waals surface area contributed by atoms with Crippen molar-refractivity contribution in [2.24, 2.45) is 5.92 Å². The molecule has 0 aromatic rings. The van der Waals surface area contributed by atoms with Gasteiger partial charge in [0.25, 0.3) is 5.97 Å². The van der Waals surface area contributed by atoms with Crippen LogP contribution in [-0.4, -0.2) is 21.3 Å². The molecule has 0 rings (SSSR count). The number of hydrogen-bond acceptors (Lipinski definition) is 3. The third-order valence-electron chi connectivity index (χ3n) is 3.40. The normalized spacial score (nSPS) is 13.9. The van der Waals surface area contributed by atoms with Crippen molar-refractivity contribution < 1.29 is 15.3 Å². The first kappa shape index (κ1) is 16.9. The first-order valence-electron chi connectivity index (χ1n) is 7.15. The van der Waals surface area contributed by atoms with Crippen LogP contribution in [-0.2, 0) is 0 Å². The van der Waals surface area contributed by atoms with Gasteiger partial charge in [-0.15, -0.1) is 0 Å². The Morgan fingerprint density at radius 2 is 1.18 bits per heavy atom. The maximum atomic E-state index is 8.92. The second kappa shape index (κ2) is 9.86. The highest BCUT2D eigenvalue weighted by molar-refractivity contribution is 4.60. The Hall–Kier alpha value is -0.120. The molecule has 0 aromatic heterocycles. The number of hydrogen-bond donors (Lipinski definition) is 3. The quantitative estimate of drug-likeness (QED) is 0.387. The summed E-state index contributed by atoms with van der Waals surface area (Å²) in [6.07, 6.45) is 11.9. The lowest BCUT2D eigenvalue weighted by molar-refractivity contribution is -0.339. The minimum absolute atomic E-state index is 0.466. The molecular formula is C14H30O3. The molecule has 0 saturated heterocycles. The molecule has 0 amide bonds. The molecule has 0 fully saturated rings. The van der Waals surface area contributed by atoms with Crippen LogP contribution in [0.1, 0.15) is 78.1 Å². The van der Waals surface area contributed by atoms with Crippen molar-refractivity contribution in [3.63, 3.8) is 0 Å². The Kier molecular flexibility index (Phi) is 9.79. The third-order valence-corrected chi connectivity index (χ3v) is 3.40. The topological polar surface area (TPSA) is 60.7 Å². The summed E-state index contributed by atoms with van der Waals surface area (Å²) in [5, 5.41) is 26.8. The molecule has 17 heavy (non-hydrogen) atoms. The summed E-state index contributed by atoms with van der Waals surface area (Å²) >= 11 is 0. The molecule has 0 heterocycles. The molecule has 3 heteroatoms. The van der Waals surface area contributed by atoms with Gasteiger partial charge in [-0.05, 0) is 6.42 Å². The summed E-state index contributed by atoms with van der Waals surface area (Å²) in [4.78, 5) is 0. The van der Waals surface area contributed by atoms with E-state index in [0.29, 0.717) is 6.42 Å². The summed E-state index contributed by atoms with van der Waals surface area (Å²) in [5.41, 5.74) is 0. The van der Waals surface area contributed by atoms with Crippen molar-refractivity contribution in [1.29, 1.82) is 0 Å². The van der Waals surface area contributed by atoms with E-state index in [1.807, 2.05) is 0 Å². The average molecular weight is 246 g/mol. The maximum absolute atomic E-state index is 8.92. The smallest absolute Gasteiger partial charge is 0.277 e. The van der Waals surface area contributed by atoms with Gasteiger partial charge >= 0.3 is 0 Å². The highest BCUT2D eigenvalue weighted by Gasteiger charge is 2.26. The van der Waals surface area contributed by atoms with Gasteiger partial charge in [0.15, 0.2) is 0 Å². The van der Waals surface area contributed by atoms with Crippen molar-refractivity contribution in [3.05, 3.63) is 0 Å². The Morgan fingerprint density at radius 1 is 0.765 bits per heavy atom. The molecule has 0 spiro atoms. The first-order chi connectivity index (χ1) is 7.98. The fourth-order valence-corrected chi connectivity index (χ4v) is 1.95. The molecule has 1 atom stereocenters. The SMILES string of the molecule is CCCCCCCCCCCC(C)C(O)(O)O. The summed E-state index contributed by atoms with van der Waals surface area (Å²) in [6, 6.07) is 0. The van der Waals surface area contributed by atoms with E-state index in [9.17, 15) is 0 Å². The summed E-state index contributed by atoms with van der Waals surface area (Å²) < 4.78 is 0. The summed E-state index contributed by atoms with van der Waals surface area (Å²) in [7, 11) is 0. The van der Waals surface area contributed by atoms with Gasteiger partial charge in [0.05, 0.1) is 0 Å². The van der Waals surface area contributed by atoms with Crippen LogP contribution in [0.25, 0.3) is 0 Å². The van der Waals surface area contributed by atoms with E-state index in [-0.39, 0.29) is 0 Å². The number of unbranched alkanes of at least 4 members (excludes halogenated alkanes) is 8. The molecule has 0 bridgehead atoms. The molecule has 0 aliphatic rings. The Labute approximate surface area is 106 Å². The van der Waals surface area contributed by atoms with Gasteiger partial charge in [-0.3, -0.25) is 0 Å². The second-order valence-corrected chi connectivity index (χ2v) is 5.21. The van der Waals surface area contributed by atoms with Crippen LogP contribution >= 0.6 is 0 Å². The van der Waals surface area contributed by atoms with Crippen LogP contribution in [0.3, 0.4) is 0 Å². The Balaban J connectivity index is 3.19. The van der Waals surface area contributed by atoms with E-state index in [4.69, 9.17) is 15.3 Å². The largest absolute Gasteiger partial charge is 0.343 e. The molecule has 3 nitrogen and oxygen atoms in total. The van der Waals surface area contributed by atoms with Gasteiger partial charge in [-0.1, -0.05) is 71.6 Å². The Bertz CT molecular complexity index is 163. The Morgan fingerprint density at radius 3 is 1.59 bits per heavy atom. The third kappa shape index (κ3) is 10.7. The molecule has 1 unspecified atom stereocenters. The zero-order chi connectivity index (χ0) is 13.1. The van der Waals surface area contributed by atoms with Crippen LogP contribution in [0.4, 0.5) is 0 Å². The van der Waals surface area contributed by atoms with E-state index in [2.05, 4.69) is 6.92 Å². The lowest BCUT2D eigenvalue weighted by Gasteiger charge is -2.21. The van der Waals surface area contributed by atoms with Gasteiger partial charge in [0, 0.05) is 5.92 Å². The van der Waals surface area contributed by atoms with Crippen LogP contribution < -0.4 is 0 Å². The highest BCUT2D eigenvalue weighted by Crippen LogP contribution is 2.19. The number of rotatable bonds is 11. The van der Waals surface area contributed by atoms with Crippen molar-refractivity contribution in [3.8, 4) is 0 Å². The van der Waals surface area contributed by atoms with Gasteiger partial charge < -0.3 is 15.3 Å². The van der Waals surface area contributed by atoms with Crippen molar-refractivity contribution >= 4 is 0 Å². The monoisotopic (exact) mass is 246 g/mol. The van der Waals surface area contributed by atoms with E-state index >= 15 is 0 Å². The van der Waals surface area contributed by atoms with Gasteiger partial charge in [0.1, 0.15) is 0 Å². The van der Waals surface area contributed by atoms with Crippen LogP contribution in [0, 0.1) is 5.92 Å². The van der Waals surface area contributed by atoms with E-state index in [0.717, 1.165) is 12.8 Å². The molecule has 104 valence electrons. The predicted octanol–water partition coefficient (Wildman–Crippen LogP) is 3.17. The molecule has 0 saturated carbocycles. The van der Waals surface area contributed by atoms with Crippen LogP contribution in [0.5, 0.6) is 0 Å². The molecule has 0 aliphatic carbocycles. The fraction of sp³-hybridized carbons (Fsp3) is 1.00. The lowest BCUT2D eigenvalue weighted by atomic mass is 9.99. The molecule has 3 N–H and O–H groups in total. The summed E-state index contributed by atoms with van der Waals surface area (Å²) in [5.74, 6) is -2.97. The first-order valence-corrected chi connectivity index (χ1v) is 7.15. The van der Waals surface area contributed by atoms with E-state index in [1.54, 1.807) is 6.92 Å². The number of aliphatic hydroxyl groups is 3. The molecule has 0 radical (unpaired) electrons. The highest BCUT2D eigenvalue weighted by atomic mass is 16.7. The van der Waals surface area contributed by atoms with Crippen molar-refractivity contribution in [2.45, 2.75) is 84.0 Å². The van der Waals surface area contributed by atoms with Crippen molar-refractivity contribution in [1.82, 2.24) is 0 Å². The standard InChI is InChI=1S/C14H30O3/c1-3-4-5-6-7-8-9-10-11-12-13(2)14(15,16)17/h13,15-17H,3-12H2,1-2H3. The van der Waals surface area contributed by atoms with E-state index in [1.165, 1.54) is 44.9 Å². The predicted molar refractivity (Wildman–Crippen MR) is 70.4 cm³/mol. The molecule has 0 aliphatic heterocycles. The zero-order valence-corrected chi connectivity index (χ0v) is 11.5. The minimum atomic E-state index is -2.50. The minimum Gasteiger partial charge on any atom is -0.343 e. The zero-order valence-electron chi connectivity index (χ0n) is 11.5. The van der Waals surface area contributed by atoms with Crippen LogP contribution in [0.15, 0.2) is 0 Å². The summed E-state index contributed by atoms with van der Waals surface area (Å²) in [6.45, 7) is 3.88. The fourth-order valence-electron chi connectivity index (χ4n) is 1.95. The van der Waals surface area contributed by atoms with E-state index < -0.39 is 11.9 Å². The van der Waals surface area contributed by atoms with Gasteiger partial charge in [-0.2, -0.15) is 0 Å².